The lowest BCUT2D eigenvalue weighted by atomic mass is 10.2. The molecule has 6 heteroatoms. The van der Waals surface area contributed by atoms with Crippen molar-refractivity contribution < 1.29 is 13.9 Å². The van der Waals surface area contributed by atoms with Crippen LogP contribution in [0.5, 0.6) is 0 Å². The number of hydrogen-bond acceptors (Lipinski definition) is 4. The van der Waals surface area contributed by atoms with Gasteiger partial charge in [0.1, 0.15) is 5.82 Å². The van der Waals surface area contributed by atoms with Crippen molar-refractivity contribution in [3.8, 4) is 0 Å². The zero-order valence-corrected chi connectivity index (χ0v) is 12.3. The van der Waals surface area contributed by atoms with Gasteiger partial charge in [-0.25, -0.2) is 4.39 Å². The highest BCUT2D eigenvalue weighted by atomic mass is 19.1. The zero-order valence-electron chi connectivity index (χ0n) is 12.3. The minimum atomic E-state index is -0.421. The Morgan fingerprint density at radius 2 is 2.29 bits per heavy atom. The molecule has 1 aliphatic heterocycles. The summed E-state index contributed by atoms with van der Waals surface area (Å²) in [5.41, 5.74) is 5.85. The summed E-state index contributed by atoms with van der Waals surface area (Å²) in [7, 11) is 2.03. The number of benzene rings is 1. The van der Waals surface area contributed by atoms with Crippen molar-refractivity contribution >= 4 is 5.91 Å². The first-order valence-corrected chi connectivity index (χ1v) is 7.09. The van der Waals surface area contributed by atoms with Crippen LogP contribution < -0.4 is 5.73 Å². The number of hydrogen-bond donors (Lipinski definition) is 1. The number of likely N-dealkylation sites (N-methyl/N-ethyl adjacent to an activating group) is 1. The highest BCUT2D eigenvalue weighted by Gasteiger charge is 2.22. The van der Waals surface area contributed by atoms with Crippen LogP contribution in [0.2, 0.25) is 0 Å². The van der Waals surface area contributed by atoms with Crippen molar-refractivity contribution in [2.24, 2.45) is 5.73 Å². The number of rotatable bonds is 6. The summed E-state index contributed by atoms with van der Waals surface area (Å²) in [6.45, 7) is 3.37. The highest BCUT2D eigenvalue weighted by Crippen LogP contribution is 2.12. The molecule has 0 aliphatic carbocycles. The molecule has 1 amide bonds. The van der Waals surface area contributed by atoms with E-state index in [1.807, 2.05) is 11.9 Å². The maximum absolute atomic E-state index is 13.7. The van der Waals surface area contributed by atoms with E-state index in [9.17, 15) is 9.18 Å². The maximum Gasteiger partial charge on any atom is 0.231 e. The van der Waals surface area contributed by atoms with Crippen LogP contribution in [0.15, 0.2) is 24.3 Å². The van der Waals surface area contributed by atoms with E-state index in [0.717, 1.165) is 13.1 Å². The number of carbonyl (C=O) groups excluding carboxylic acids is 1. The number of nitrogens with two attached hydrogens (primary N) is 1. The van der Waals surface area contributed by atoms with Crippen LogP contribution in [0, 0.1) is 5.82 Å². The van der Waals surface area contributed by atoms with Crippen molar-refractivity contribution in [2.45, 2.75) is 12.6 Å². The fourth-order valence-electron chi connectivity index (χ4n) is 2.54. The Balaban J connectivity index is 2.00. The average Bonchev–Trinajstić information content (AvgIpc) is 2.40. The second kappa shape index (κ2) is 7.49. The molecule has 116 valence electrons. The van der Waals surface area contributed by atoms with E-state index in [0.29, 0.717) is 25.3 Å². The third-order valence-corrected chi connectivity index (χ3v) is 3.53. The number of nitrogens with zero attached hydrogens (tertiary/aromatic N) is 2. The van der Waals surface area contributed by atoms with Crippen molar-refractivity contribution in [3.05, 3.63) is 35.6 Å². The summed E-state index contributed by atoms with van der Waals surface area (Å²) in [4.78, 5) is 15.2. The number of morpholine rings is 1. The van der Waals surface area contributed by atoms with Crippen LogP contribution in [0.25, 0.3) is 0 Å². The minimum Gasteiger partial charge on any atom is -0.374 e. The van der Waals surface area contributed by atoms with E-state index in [1.54, 1.807) is 18.2 Å². The maximum atomic E-state index is 13.7. The molecule has 1 aromatic rings. The van der Waals surface area contributed by atoms with Gasteiger partial charge < -0.3 is 15.4 Å². The Hall–Kier alpha value is -1.50. The molecule has 0 radical (unpaired) electrons. The molecular weight excluding hydrogens is 273 g/mol. The lowest BCUT2D eigenvalue weighted by Gasteiger charge is -2.33. The normalized spacial score (nSPS) is 19.9. The SMILES string of the molecule is CN1CCO[C@@H](CN(CC(N)=O)Cc2ccccc2F)C1. The van der Waals surface area contributed by atoms with Crippen molar-refractivity contribution in [3.63, 3.8) is 0 Å². The number of halogens is 1. The van der Waals surface area contributed by atoms with E-state index in [1.165, 1.54) is 6.07 Å². The average molecular weight is 295 g/mol. The fourth-order valence-corrected chi connectivity index (χ4v) is 2.54. The van der Waals surface area contributed by atoms with E-state index in [-0.39, 0.29) is 18.5 Å². The Kier molecular flexibility index (Phi) is 5.67. The molecule has 1 atom stereocenters. The van der Waals surface area contributed by atoms with E-state index in [2.05, 4.69) is 4.90 Å². The summed E-state index contributed by atoms with van der Waals surface area (Å²) in [6.07, 6.45) is 0.00914. The van der Waals surface area contributed by atoms with Crippen molar-refractivity contribution in [1.29, 1.82) is 0 Å². The fraction of sp³-hybridized carbons (Fsp3) is 0.533. The highest BCUT2D eigenvalue weighted by molar-refractivity contribution is 5.75. The lowest BCUT2D eigenvalue weighted by Crippen LogP contribution is -2.47. The lowest BCUT2D eigenvalue weighted by molar-refractivity contribution is -0.120. The molecule has 2 N–H and O–H groups in total. The third-order valence-electron chi connectivity index (χ3n) is 3.53. The zero-order chi connectivity index (χ0) is 15.2. The van der Waals surface area contributed by atoms with Crippen LogP contribution in [0.3, 0.4) is 0 Å². The van der Waals surface area contributed by atoms with Crippen molar-refractivity contribution in [1.82, 2.24) is 9.80 Å². The Bertz CT molecular complexity index is 484. The number of primary amides is 1. The Labute approximate surface area is 124 Å². The molecular formula is C15H22FN3O2. The molecule has 2 rings (SSSR count). The molecule has 0 aromatic heterocycles. The predicted molar refractivity (Wildman–Crippen MR) is 78.1 cm³/mol. The predicted octanol–water partition coefficient (Wildman–Crippen LogP) is 0.444. The molecule has 0 spiro atoms. The molecule has 5 nitrogen and oxygen atoms in total. The van der Waals surface area contributed by atoms with Crippen LogP contribution in [-0.2, 0) is 16.1 Å². The topological polar surface area (TPSA) is 58.8 Å². The van der Waals surface area contributed by atoms with Gasteiger partial charge in [0.2, 0.25) is 5.91 Å². The monoisotopic (exact) mass is 295 g/mol. The first-order chi connectivity index (χ1) is 10.0. The van der Waals surface area contributed by atoms with Gasteiger partial charge in [-0.2, -0.15) is 0 Å². The smallest absolute Gasteiger partial charge is 0.231 e. The van der Waals surface area contributed by atoms with E-state index < -0.39 is 5.91 Å². The summed E-state index contributed by atoms with van der Waals surface area (Å²) >= 11 is 0. The quantitative estimate of drug-likeness (QED) is 0.827. The molecule has 1 aromatic carbocycles. The van der Waals surface area contributed by atoms with Gasteiger partial charge in [0.15, 0.2) is 0 Å². The second-order valence-electron chi connectivity index (χ2n) is 5.48. The van der Waals surface area contributed by atoms with Crippen LogP contribution >= 0.6 is 0 Å². The third kappa shape index (κ3) is 5.08. The Morgan fingerprint density at radius 3 is 2.95 bits per heavy atom. The molecule has 1 fully saturated rings. The van der Waals surface area contributed by atoms with Crippen LogP contribution in [-0.4, -0.2) is 61.6 Å². The van der Waals surface area contributed by atoms with Gasteiger partial charge in [-0.05, 0) is 13.1 Å². The summed E-state index contributed by atoms with van der Waals surface area (Å²) in [6, 6.07) is 6.57. The molecule has 1 heterocycles. The molecule has 1 saturated heterocycles. The van der Waals surface area contributed by atoms with E-state index >= 15 is 0 Å². The van der Waals surface area contributed by atoms with Gasteiger partial charge >= 0.3 is 0 Å². The van der Waals surface area contributed by atoms with Gasteiger partial charge in [-0.15, -0.1) is 0 Å². The minimum absolute atomic E-state index is 0.00914. The standard InChI is InChI=1S/C15H22FN3O2/c1-18-6-7-21-13(9-18)10-19(11-15(17)20)8-12-4-2-3-5-14(12)16/h2-5,13H,6-11H2,1H3,(H2,17,20)/t13-/m1/s1. The van der Waals surface area contributed by atoms with Crippen LogP contribution in [0.4, 0.5) is 4.39 Å². The van der Waals surface area contributed by atoms with Crippen LogP contribution in [0.1, 0.15) is 5.56 Å². The van der Waals surface area contributed by atoms with Crippen molar-refractivity contribution in [2.75, 3.05) is 39.8 Å². The summed E-state index contributed by atoms with van der Waals surface area (Å²) < 4.78 is 19.4. The first-order valence-electron chi connectivity index (χ1n) is 7.09. The largest absolute Gasteiger partial charge is 0.374 e. The molecule has 0 unspecified atom stereocenters. The molecule has 0 saturated carbocycles. The first kappa shape index (κ1) is 15.9. The summed E-state index contributed by atoms with van der Waals surface area (Å²) in [5, 5.41) is 0. The van der Waals surface area contributed by atoms with Gasteiger partial charge in [0.05, 0.1) is 19.3 Å². The number of amides is 1. The van der Waals surface area contributed by atoms with E-state index in [4.69, 9.17) is 10.5 Å². The summed E-state index contributed by atoms with van der Waals surface area (Å²) in [5.74, 6) is -0.691. The Morgan fingerprint density at radius 1 is 1.52 bits per heavy atom. The van der Waals surface area contributed by atoms with Gasteiger partial charge in [0.25, 0.3) is 0 Å². The van der Waals surface area contributed by atoms with Gasteiger partial charge in [0, 0.05) is 31.7 Å². The molecule has 1 aliphatic rings. The van der Waals surface area contributed by atoms with Gasteiger partial charge in [-0.1, -0.05) is 18.2 Å². The number of ether oxygens (including phenoxy) is 1. The molecule has 21 heavy (non-hydrogen) atoms. The number of carbonyl (C=O) groups is 1. The molecule has 0 bridgehead atoms. The van der Waals surface area contributed by atoms with Gasteiger partial charge in [-0.3, -0.25) is 9.69 Å². The second-order valence-corrected chi connectivity index (χ2v) is 5.48.